The average Bonchev–Trinajstić information content (AvgIpc) is 2.76. The van der Waals surface area contributed by atoms with Gasteiger partial charge >= 0.3 is 12.0 Å². The zero-order chi connectivity index (χ0) is 24.3. The van der Waals surface area contributed by atoms with Crippen molar-refractivity contribution in [2.75, 3.05) is 49.6 Å². The van der Waals surface area contributed by atoms with Crippen molar-refractivity contribution in [3.8, 4) is 5.88 Å². The fourth-order valence-electron chi connectivity index (χ4n) is 4.12. The van der Waals surface area contributed by atoms with Crippen LogP contribution in [-0.4, -0.2) is 72.6 Å². The summed E-state index contributed by atoms with van der Waals surface area (Å²) in [6.07, 6.45) is 0. The Morgan fingerprint density at radius 2 is 1.64 bits per heavy atom. The molecule has 1 aromatic carbocycles. The van der Waals surface area contributed by atoms with Gasteiger partial charge in [0, 0.05) is 37.4 Å². The van der Waals surface area contributed by atoms with Gasteiger partial charge in [-0.2, -0.15) is 0 Å². The van der Waals surface area contributed by atoms with Crippen molar-refractivity contribution in [3.63, 3.8) is 0 Å². The summed E-state index contributed by atoms with van der Waals surface area (Å²) < 4.78 is 5.32. The van der Waals surface area contributed by atoms with Crippen LogP contribution < -0.4 is 14.5 Å². The maximum atomic E-state index is 13.4. The minimum Gasteiger partial charge on any atom is -0.480 e. The number of urea groups is 1. The molecule has 2 aromatic rings. The van der Waals surface area contributed by atoms with E-state index in [1.54, 1.807) is 11.8 Å². The Bertz CT molecular complexity index is 1060. The zero-order valence-electron chi connectivity index (χ0n) is 19.7. The van der Waals surface area contributed by atoms with E-state index in [0.717, 1.165) is 10.6 Å². The number of hydrogen-bond acceptors (Lipinski definition) is 6. The van der Waals surface area contributed by atoms with E-state index in [9.17, 15) is 19.5 Å². The van der Waals surface area contributed by atoms with Gasteiger partial charge in [0.15, 0.2) is 5.78 Å². The predicted octanol–water partition coefficient (Wildman–Crippen LogP) is 3.05. The van der Waals surface area contributed by atoms with E-state index in [1.807, 2.05) is 0 Å². The largest absolute Gasteiger partial charge is 0.480 e. The van der Waals surface area contributed by atoms with Crippen LogP contribution in [0.25, 0.3) is 0 Å². The van der Waals surface area contributed by atoms with E-state index in [4.69, 9.17) is 4.74 Å². The number of ketones is 1. The number of carbonyl (C=O) groups excluding carboxylic acids is 2. The molecule has 176 valence electrons. The molecule has 3 rings (SSSR count). The van der Waals surface area contributed by atoms with Gasteiger partial charge in [0.05, 0.1) is 12.8 Å². The van der Waals surface area contributed by atoms with Gasteiger partial charge in [0.2, 0.25) is 5.88 Å². The molecule has 1 fully saturated rings. The predicted molar refractivity (Wildman–Crippen MR) is 126 cm³/mol. The van der Waals surface area contributed by atoms with Crippen LogP contribution in [0.5, 0.6) is 5.88 Å². The lowest BCUT2D eigenvalue weighted by Crippen LogP contribution is -2.54. The summed E-state index contributed by atoms with van der Waals surface area (Å²) in [6, 6.07) is 7.37. The van der Waals surface area contributed by atoms with Crippen LogP contribution in [0.15, 0.2) is 24.3 Å². The lowest BCUT2D eigenvalue weighted by molar-refractivity contribution is -0.135. The number of aromatic nitrogens is 1. The molecule has 0 bridgehead atoms. The number of aryl methyl sites for hydroxylation is 3. The maximum Gasteiger partial charge on any atom is 0.325 e. The van der Waals surface area contributed by atoms with Crippen LogP contribution in [0.1, 0.15) is 34.1 Å². The lowest BCUT2D eigenvalue weighted by atomic mass is 10.1. The molecule has 0 unspecified atom stereocenters. The monoisotopic (exact) mass is 454 g/mol. The Hall–Kier alpha value is -3.62. The van der Waals surface area contributed by atoms with E-state index < -0.39 is 18.5 Å². The molecule has 1 aliphatic heterocycles. The molecule has 0 aliphatic carbocycles. The highest BCUT2D eigenvalue weighted by Crippen LogP contribution is 2.30. The standard InChI is InChI=1S/C24H30N4O5/c1-15-10-16(2)12-19(11-15)26-6-8-27(9-7-26)24(32)28(14-22(30)31)21-13-20(18(4)29)17(3)25-23(21)33-5/h10-13H,6-9,14H2,1-5H3,(H,30,31). The zero-order valence-corrected chi connectivity index (χ0v) is 19.7. The van der Waals surface area contributed by atoms with Crippen LogP contribution in [0.2, 0.25) is 0 Å². The van der Waals surface area contributed by atoms with Crippen LogP contribution in [0, 0.1) is 20.8 Å². The molecule has 2 amide bonds. The van der Waals surface area contributed by atoms with Crippen LogP contribution in [0.4, 0.5) is 16.2 Å². The van der Waals surface area contributed by atoms with Crippen molar-refractivity contribution < 1.29 is 24.2 Å². The summed E-state index contributed by atoms with van der Waals surface area (Å²) in [5.41, 5.74) is 4.39. The number of carbonyl (C=O) groups is 3. The number of ether oxygens (including phenoxy) is 1. The number of rotatable bonds is 6. The minimum atomic E-state index is -1.18. The molecule has 1 N–H and O–H groups in total. The Kier molecular flexibility index (Phi) is 7.20. The smallest absolute Gasteiger partial charge is 0.325 e. The van der Waals surface area contributed by atoms with Crippen molar-refractivity contribution in [3.05, 3.63) is 46.6 Å². The Morgan fingerprint density at radius 3 is 2.15 bits per heavy atom. The fraction of sp³-hybridized carbons (Fsp3) is 0.417. The number of pyridine rings is 1. The number of benzene rings is 1. The second kappa shape index (κ2) is 9.89. The summed E-state index contributed by atoms with van der Waals surface area (Å²) in [6.45, 7) is 8.71. The first-order valence-corrected chi connectivity index (χ1v) is 10.8. The summed E-state index contributed by atoms with van der Waals surface area (Å²) >= 11 is 0. The van der Waals surface area contributed by atoms with E-state index in [-0.39, 0.29) is 17.4 Å². The third kappa shape index (κ3) is 5.42. The molecule has 33 heavy (non-hydrogen) atoms. The number of carboxylic acids is 1. The van der Waals surface area contributed by atoms with Gasteiger partial charge in [-0.05, 0) is 57.0 Å². The minimum absolute atomic E-state index is 0.0981. The first kappa shape index (κ1) is 24.0. The SMILES string of the molecule is COc1nc(C)c(C(C)=O)cc1N(CC(=O)O)C(=O)N1CCN(c2cc(C)cc(C)c2)CC1. The van der Waals surface area contributed by atoms with Gasteiger partial charge in [-0.1, -0.05) is 6.07 Å². The van der Waals surface area contributed by atoms with Crippen molar-refractivity contribution in [1.82, 2.24) is 9.88 Å². The third-order valence-corrected chi connectivity index (χ3v) is 5.67. The lowest BCUT2D eigenvalue weighted by Gasteiger charge is -2.38. The number of methoxy groups -OCH3 is 1. The van der Waals surface area contributed by atoms with E-state index >= 15 is 0 Å². The van der Waals surface area contributed by atoms with Gasteiger partial charge in [-0.25, -0.2) is 9.78 Å². The van der Waals surface area contributed by atoms with E-state index in [0.29, 0.717) is 37.4 Å². The van der Waals surface area contributed by atoms with Gasteiger partial charge in [-0.3, -0.25) is 14.5 Å². The number of aliphatic carboxylic acids is 1. The molecule has 0 radical (unpaired) electrons. The summed E-state index contributed by atoms with van der Waals surface area (Å²) in [7, 11) is 1.39. The van der Waals surface area contributed by atoms with E-state index in [1.165, 1.54) is 31.2 Å². The fourth-order valence-corrected chi connectivity index (χ4v) is 4.12. The summed E-state index contributed by atoms with van der Waals surface area (Å²) in [5, 5.41) is 9.48. The number of piperazine rings is 1. The molecule has 9 heteroatoms. The molecule has 1 saturated heterocycles. The number of nitrogens with zero attached hydrogens (tertiary/aromatic N) is 4. The van der Waals surface area contributed by atoms with E-state index in [2.05, 4.69) is 41.9 Å². The first-order valence-electron chi connectivity index (χ1n) is 10.8. The Morgan fingerprint density at radius 1 is 1.03 bits per heavy atom. The molecule has 0 spiro atoms. The number of Topliss-reactive ketones (excluding diaryl/α,β-unsaturated/α-hetero) is 1. The topological polar surface area (TPSA) is 103 Å². The number of amides is 2. The normalized spacial score (nSPS) is 13.6. The second-order valence-corrected chi connectivity index (χ2v) is 8.29. The van der Waals surface area contributed by atoms with Crippen LogP contribution >= 0.6 is 0 Å². The highest BCUT2D eigenvalue weighted by Gasteiger charge is 2.31. The number of anilines is 2. The molecule has 0 saturated carbocycles. The highest BCUT2D eigenvalue weighted by atomic mass is 16.5. The second-order valence-electron chi connectivity index (χ2n) is 8.29. The van der Waals surface area contributed by atoms with Crippen molar-refractivity contribution >= 4 is 29.2 Å². The molecule has 1 aromatic heterocycles. The quantitative estimate of drug-likeness (QED) is 0.669. The van der Waals surface area contributed by atoms with Crippen molar-refractivity contribution in [2.24, 2.45) is 0 Å². The molecule has 0 atom stereocenters. The Labute approximate surface area is 193 Å². The van der Waals surface area contributed by atoms with Crippen molar-refractivity contribution in [2.45, 2.75) is 27.7 Å². The molecular formula is C24H30N4O5. The summed E-state index contributed by atoms with van der Waals surface area (Å²) in [4.78, 5) is 46.3. The first-order chi connectivity index (χ1) is 15.6. The molecule has 9 nitrogen and oxygen atoms in total. The third-order valence-electron chi connectivity index (χ3n) is 5.67. The maximum absolute atomic E-state index is 13.4. The molecule has 1 aliphatic rings. The van der Waals surface area contributed by atoms with Crippen LogP contribution in [-0.2, 0) is 4.79 Å². The average molecular weight is 455 g/mol. The van der Waals surface area contributed by atoms with Gasteiger partial charge in [0.1, 0.15) is 12.2 Å². The highest BCUT2D eigenvalue weighted by molar-refractivity contribution is 6.01. The number of carboxylic acid groups (broad SMARTS) is 1. The molecular weight excluding hydrogens is 424 g/mol. The Balaban J connectivity index is 1.86. The van der Waals surface area contributed by atoms with Gasteiger partial charge in [0.25, 0.3) is 0 Å². The molecule has 2 heterocycles. The summed E-state index contributed by atoms with van der Waals surface area (Å²) in [5.74, 6) is -1.31. The number of hydrogen-bond donors (Lipinski definition) is 1. The van der Waals surface area contributed by atoms with Crippen molar-refractivity contribution in [1.29, 1.82) is 0 Å². The van der Waals surface area contributed by atoms with Gasteiger partial charge < -0.3 is 19.6 Å². The van der Waals surface area contributed by atoms with Gasteiger partial charge in [-0.15, -0.1) is 0 Å². The van der Waals surface area contributed by atoms with Crippen LogP contribution in [0.3, 0.4) is 0 Å².